The maximum absolute atomic E-state index is 10.4. The Bertz CT molecular complexity index is 351. The summed E-state index contributed by atoms with van der Waals surface area (Å²) in [7, 11) is 0. The van der Waals surface area contributed by atoms with Gasteiger partial charge in [-0.15, -0.1) is 12.4 Å². The first-order chi connectivity index (χ1) is 7.25. The first-order valence-electron chi connectivity index (χ1n) is 4.83. The fourth-order valence-corrected chi connectivity index (χ4v) is 1.57. The highest BCUT2D eigenvalue weighted by Crippen LogP contribution is 2.13. The second kappa shape index (κ2) is 5.62. The Labute approximate surface area is 99.0 Å². The molecule has 1 aliphatic heterocycles. The molecule has 0 aliphatic carbocycles. The Morgan fingerprint density at radius 2 is 2.38 bits per heavy atom. The quantitative estimate of drug-likeness (QED) is 0.617. The molecule has 1 aromatic rings. The molecule has 16 heavy (non-hydrogen) atoms. The van der Waals surface area contributed by atoms with Crippen molar-refractivity contribution in [3.8, 4) is 0 Å². The number of halogens is 1. The van der Waals surface area contributed by atoms with E-state index >= 15 is 0 Å². The van der Waals surface area contributed by atoms with E-state index in [9.17, 15) is 10.1 Å². The van der Waals surface area contributed by atoms with Crippen molar-refractivity contribution >= 4 is 23.9 Å². The van der Waals surface area contributed by atoms with Gasteiger partial charge in [0.1, 0.15) is 12.0 Å². The zero-order valence-electron chi connectivity index (χ0n) is 8.55. The molecule has 7 heteroatoms. The summed E-state index contributed by atoms with van der Waals surface area (Å²) in [6.45, 7) is 1.92. The maximum Gasteiger partial charge on any atom is 0.287 e. The summed E-state index contributed by atoms with van der Waals surface area (Å²) in [4.78, 5) is 13.9. The number of hydrogen-bond donors (Lipinski definition) is 2. The molecule has 0 radical (unpaired) electrons. The lowest BCUT2D eigenvalue weighted by Gasteiger charge is -2.10. The van der Waals surface area contributed by atoms with Crippen LogP contribution >= 0.6 is 12.4 Å². The molecule has 2 heterocycles. The van der Waals surface area contributed by atoms with Gasteiger partial charge in [0.15, 0.2) is 0 Å². The summed E-state index contributed by atoms with van der Waals surface area (Å²) in [5.74, 6) is 0.689. The lowest BCUT2D eigenvalue weighted by Crippen LogP contribution is -2.22. The van der Waals surface area contributed by atoms with E-state index in [0.29, 0.717) is 11.9 Å². The van der Waals surface area contributed by atoms with Crippen LogP contribution in [0.4, 0.5) is 11.5 Å². The zero-order chi connectivity index (χ0) is 10.7. The minimum atomic E-state index is -0.450. The molecular weight excluding hydrogens is 232 g/mol. The largest absolute Gasteiger partial charge is 0.366 e. The van der Waals surface area contributed by atoms with Crippen molar-refractivity contribution in [2.75, 3.05) is 18.4 Å². The third-order valence-corrected chi connectivity index (χ3v) is 2.37. The monoisotopic (exact) mass is 244 g/mol. The fraction of sp³-hybridized carbons (Fsp3) is 0.444. The van der Waals surface area contributed by atoms with Crippen LogP contribution in [0.25, 0.3) is 0 Å². The molecule has 6 nitrogen and oxygen atoms in total. The van der Waals surface area contributed by atoms with Crippen LogP contribution in [0, 0.1) is 10.1 Å². The number of nitro groups is 1. The van der Waals surface area contributed by atoms with Gasteiger partial charge >= 0.3 is 0 Å². The molecule has 0 bridgehead atoms. The predicted molar refractivity (Wildman–Crippen MR) is 63.0 cm³/mol. The number of aromatic nitrogens is 1. The Morgan fingerprint density at radius 3 is 2.88 bits per heavy atom. The normalized spacial score (nSPS) is 18.9. The minimum Gasteiger partial charge on any atom is -0.366 e. The van der Waals surface area contributed by atoms with Crippen LogP contribution in [0.2, 0.25) is 0 Å². The molecule has 2 N–H and O–H groups in total. The van der Waals surface area contributed by atoms with Gasteiger partial charge in [-0.25, -0.2) is 4.98 Å². The second-order valence-electron chi connectivity index (χ2n) is 3.49. The molecule has 0 spiro atoms. The molecule has 1 atom stereocenters. The Kier molecular flexibility index (Phi) is 4.45. The fourth-order valence-electron chi connectivity index (χ4n) is 1.57. The maximum atomic E-state index is 10.4. The number of anilines is 1. The lowest BCUT2D eigenvalue weighted by molar-refractivity contribution is -0.385. The summed E-state index contributed by atoms with van der Waals surface area (Å²) in [5.41, 5.74) is 0.0186. The number of hydrogen-bond acceptors (Lipinski definition) is 5. The molecule has 2 rings (SSSR count). The summed E-state index contributed by atoms with van der Waals surface area (Å²) >= 11 is 0. The lowest BCUT2D eigenvalue weighted by atomic mass is 10.2. The van der Waals surface area contributed by atoms with E-state index in [2.05, 4.69) is 15.6 Å². The van der Waals surface area contributed by atoms with Crippen LogP contribution in [0.1, 0.15) is 6.42 Å². The van der Waals surface area contributed by atoms with Crippen LogP contribution in [-0.2, 0) is 0 Å². The van der Waals surface area contributed by atoms with Gasteiger partial charge in [0.05, 0.1) is 4.92 Å². The molecule has 1 saturated heterocycles. The van der Waals surface area contributed by atoms with Crippen LogP contribution < -0.4 is 10.6 Å². The van der Waals surface area contributed by atoms with Crippen molar-refractivity contribution in [2.24, 2.45) is 0 Å². The summed E-state index contributed by atoms with van der Waals surface area (Å²) < 4.78 is 0. The highest BCUT2D eigenvalue weighted by atomic mass is 35.5. The van der Waals surface area contributed by atoms with Gasteiger partial charge in [0.2, 0.25) is 0 Å². The topological polar surface area (TPSA) is 80.1 Å². The molecule has 0 aromatic carbocycles. The minimum absolute atomic E-state index is 0. The van der Waals surface area contributed by atoms with E-state index in [1.807, 2.05) is 0 Å². The smallest absolute Gasteiger partial charge is 0.287 e. The van der Waals surface area contributed by atoms with Gasteiger partial charge in [-0.05, 0) is 19.0 Å². The van der Waals surface area contributed by atoms with Crippen LogP contribution in [-0.4, -0.2) is 29.0 Å². The van der Waals surface area contributed by atoms with Crippen LogP contribution in [0.15, 0.2) is 18.3 Å². The SMILES string of the molecule is Cl.O=[N+]([O-])c1ccc(N[C@@H]2CCNC2)nc1. The average Bonchev–Trinajstić information content (AvgIpc) is 2.71. The summed E-state index contributed by atoms with van der Waals surface area (Å²) in [6.07, 6.45) is 2.32. The third kappa shape index (κ3) is 3.04. The molecule has 1 fully saturated rings. The van der Waals surface area contributed by atoms with Crippen molar-refractivity contribution in [2.45, 2.75) is 12.5 Å². The van der Waals surface area contributed by atoms with Crippen LogP contribution in [0.3, 0.4) is 0 Å². The average molecular weight is 245 g/mol. The zero-order valence-corrected chi connectivity index (χ0v) is 9.37. The second-order valence-corrected chi connectivity index (χ2v) is 3.49. The van der Waals surface area contributed by atoms with E-state index in [1.165, 1.54) is 12.3 Å². The highest BCUT2D eigenvalue weighted by molar-refractivity contribution is 5.85. The van der Waals surface area contributed by atoms with E-state index in [-0.39, 0.29) is 18.1 Å². The first kappa shape index (κ1) is 12.7. The van der Waals surface area contributed by atoms with Gasteiger partial charge in [-0.2, -0.15) is 0 Å². The van der Waals surface area contributed by atoms with E-state index < -0.39 is 4.92 Å². The Hall–Kier alpha value is -1.40. The molecule has 0 amide bonds. The number of pyridine rings is 1. The Morgan fingerprint density at radius 1 is 1.56 bits per heavy atom. The molecular formula is C9H13ClN4O2. The van der Waals surface area contributed by atoms with Crippen molar-refractivity contribution < 1.29 is 4.92 Å². The van der Waals surface area contributed by atoms with Crippen molar-refractivity contribution in [3.05, 3.63) is 28.4 Å². The van der Waals surface area contributed by atoms with E-state index in [4.69, 9.17) is 0 Å². The number of nitrogens with zero attached hydrogens (tertiary/aromatic N) is 2. The van der Waals surface area contributed by atoms with Crippen molar-refractivity contribution in [1.29, 1.82) is 0 Å². The standard InChI is InChI=1S/C9H12N4O2.ClH/c14-13(15)8-1-2-9(11-6-8)12-7-3-4-10-5-7;/h1-2,6-7,10H,3-5H2,(H,11,12);1H/t7-;/m1./s1. The van der Waals surface area contributed by atoms with Gasteiger partial charge in [-0.1, -0.05) is 0 Å². The third-order valence-electron chi connectivity index (χ3n) is 2.37. The predicted octanol–water partition coefficient (Wildman–Crippen LogP) is 1.19. The summed E-state index contributed by atoms with van der Waals surface area (Å²) in [5, 5.41) is 16.8. The first-order valence-corrected chi connectivity index (χ1v) is 4.83. The van der Waals surface area contributed by atoms with Gasteiger partial charge in [0, 0.05) is 18.7 Å². The molecule has 0 saturated carbocycles. The van der Waals surface area contributed by atoms with Crippen molar-refractivity contribution in [1.82, 2.24) is 10.3 Å². The van der Waals surface area contributed by atoms with Gasteiger partial charge < -0.3 is 10.6 Å². The van der Waals surface area contributed by atoms with Gasteiger partial charge in [0.25, 0.3) is 5.69 Å². The van der Waals surface area contributed by atoms with Gasteiger partial charge in [-0.3, -0.25) is 10.1 Å². The highest BCUT2D eigenvalue weighted by Gasteiger charge is 2.14. The number of rotatable bonds is 3. The summed E-state index contributed by atoms with van der Waals surface area (Å²) in [6, 6.07) is 3.47. The molecule has 1 aromatic heterocycles. The molecule has 0 unspecified atom stereocenters. The van der Waals surface area contributed by atoms with E-state index in [0.717, 1.165) is 19.5 Å². The van der Waals surface area contributed by atoms with Crippen molar-refractivity contribution in [3.63, 3.8) is 0 Å². The van der Waals surface area contributed by atoms with Crippen LogP contribution in [0.5, 0.6) is 0 Å². The molecule has 88 valence electrons. The number of nitrogens with one attached hydrogen (secondary N) is 2. The van der Waals surface area contributed by atoms with E-state index in [1.54, 1.807) is 6.07 Å². The molecule has 1 aliphatic rings. The Balaban J connectivity index is 0.00000128.